The molecule has 1 aromatic heterocycles. The summed E-state index contributed by atoms with van der Waals surface area (Å²) >= 11 is 1.69. The number of aryl methyl sites for hydroxylation is 1. The van der Waals surface area contributed by atoms with Gasteiger partial charge in [0, 0.05) is 36.5 Å². The van der Waals surface area contributed by atoms with E-state index in [9.17, 15) is 9.59 Å². The highest BCUT2D eigenvalue weighted by molar-refractivity contribution is 7.13. The standard InChI is InChI=1S/C25H40N4O3S/c1-6-13-29(14-7-2)23(30)18-15-21-20(28-22(26)16-18)17-19(33-21)11-9-8-10-12-27-24(31)32-25(3,4)5/h15,17H,6-14,16H2,1-5H3,(H2,26,28)(H,27,31). The van der Waals surface area contributed by atoms with Crippen LogP contribution in [0.5, 0.6) is 0 Å². The first-order chi connectivity index (χ1) is 15.6. The number of aliphatic imine (C=N–C) groups is 1. The number of hydrogen-bond acceptors (Lipinski definition) is 6. The van der Waals surface area contributed by atoms with Gasteiger partial charge >= 0.3 is 6.09 Å². The Morgan fingerprint density at radius 1 is 1.18 bits per heavy atom. The van der Waals surface area contributed by atoms with Crippen LogP contribution < -0.4 is 11.1 Å². The molecular formula is C25H40N4O3S. The topological polar surface area (TPSA) is 97.0 Å². The van der Waals surface area contributed by atoms with Gasteiger partial charge in [0.05, 0.1) is 10.6 Å². The number of hydrogen-bond donors (Lipinski definition) is 2. The molecule has 2 heterocycles. The summed E-state index contributed by atoms with van der Waals surface area (Å²) in [5.41, 5.74) is 7.26. The molecule has 0 fully saturated rings. The van der Waals surface area contributed by atoms with Crippen LogP contribution in [0.1, 0.15) is 82.9 Å². The molecule has 0 radical (unpaired) electrons. The van der Waals surface area contributed by atoms with E-state index in [0.717, 1.165) is 67.8 Å². The lowest BCUT2D eigenvalue weighted by atomic mass is 10.1. The van der Waals surface area contributed by atoms with Crippen LogP contribution in [-0.2, 0) is 16.0 Å². The predicted octanol–water partition coefficient (Wildman–Crippen LogP) is 5.41. The number of carbonyl (C=O) groups is 2. The van der Waals surface area contributed by atoms with Crippen molar-refractivity contribution in [1.29, 1.82) is 0 Å². The average molecular weight is 477 g/mol. The minimum absolute atomic E-state index is 0.0668. The van der Waals surface area contributed by atoms with Crippen molar-refractivity contribution in [2.24, 2.45) is 10.7 Å². The van der Waals surface area contributed by atoms with E-state index >= 15 is 0 Å². The fraction of sp³-hybridized carbons (Fsp3) is 0.640. The molecule has 0 saturated heterocycles. The quantitative estimate of drug-likeness (QED) is 0.417. The van der Waals surface area contributed by atoms with Crippen LogP contribution in [0.2, 0.25) is 0 Å². The number of nitrogens with two attached hydrogens (primary N) is 1. The molecule has 0 spiro atoms. The maximum absolute atomic E-state index is 13.1. The van der Waals surface area contributed by atoms with Crippen molar-refractivity contribution >= 4 is 40.9 Å². The molecule has 7 nitrogen and oxygen atoms in total. The maximum atomic E-state index is 13.1. The molecule has 1 aliphatic heterocycles. The molecule has 1 aliphatic rings. The monoisotopic (exact) mass is 476 g/mol. The molecule has 0 bridgehead atoms. The lowest BCUT2D eigenvalue weighted by Crippen LogP contribution is -2.34. The van der Waals surface area contributed by atoms with E-state index in [1.54, 1.807) is 11.3 Å². The predicted molar refractivity (Wildman–Crippen MR) is 137 cm³/mol. The highest BCUT2D eigenvalue weighted by Gasteiger charge is 2.22. The number of rotatable bonds is 11. The number of unbranched alkanes of at least 4 members (excludes halogenated alkanes) is 2. The van der Waals surface area contributed by atoms with Gasteiger partial charge in [-0.15, -0.1) is 11.3 Å². The molecule has 0 unspecified atom stereocenters. The molecule has 184 valence electrons. The summed E-state index contributed by atoms with van der Waals surface area (Å²) in [6.07, 6.45) is 7.75. The molecule has 1 aromatic rings. The third kappa shape index (κ3) is 9.20. The van der Waals surface area contributed by atoms with Crippen molar-refractivity contribution in [2.45, 2.75) is 85.2 Å². The summed E-state index contributed by atoms with van der Waals surface area (Å²) in [6, 6.07) is 2.09. The number of alkyl carbamates (subject to hydrolysis) is 1. The second-order valence-corrected chi connectivity index (χ2v) is 10.6. The number of amidine groups is 1. The van der Waals surface area contributed by atoms with E-state index in [4.69, 9.17) is 10.5 Å². The molecule has 0 aromatic carbocycles. The number of carbonyl (C=O) groups excluding carboxylic acids is 2. The molecular weight excluding hydrogens is 436 g/mol. The van der Waals surface area contributed by atoms with Gasteiger partial charge in [0.1, 0.15) is 11.4 Å². The van der Waals surface area contributed by atoms with Crippen molar-refractivity contribution in [3.05, 3.63) is 21.4 Å². The molecule has 2 rings (SSSR count). The number of thiophene rings is 1. The van der Waals surface area contributed by atoms with E-state index < -0.39 is 5.60 Å². The van der Waals surface area contributed by atoms with Crippen molar-refractivity contribution in [3.8, 4) is 0 Å². The highest BCUT2D eigenvalue weighted by Crippen LogP contribution is 2.35. The summed E-state index contributed by atoms with van der Waals surface area (Å²) in [4.78, 5) is 33.5. The number of nitrogens with one attached hydrogen (secondary N) is 1. The summed E-state index contributed by atoms with van der Waals surface area (Å²) in [7, 11) is 0. The summed E-state index contributed by atoms with van der Waals surface area (Å²) in [5, 5.41) is 2.80. The summed E-state index contributed by atoms with van der Waals surface area (Å²) in [6.45, 7) is 11.9. The van der Waals surface area contributed by atoms with Gasteiger partial charge < -0.3 is 20.7 Å². The number of fused-ring (bicyclic) bond motifs is 1. The van der Waals surface area contributed by atoms with Gasteiger partial charge in [0.25, 0.3) is 0 Å². The molecule has 0 aliphatic carbocycles. The molecule has 8 heteroatoms. The fourth-order valence-corrected chi connectivity index (χ4v) is 4.77. The molecule has 3 N–H and O–H groups in total. The Bertz CT molecular complexity index is 861. The largest absolute Gasteiger partial charge is 0.444 e. The Kier molecular flexibility index (Phi) is 10.4. The van der Waals surface area contributed by atoms with Gasteiger partial charge in [-0.3, -0.25) is 4.79 Å². The molecule has 33 heavy (non-hydrogen) atoms. The van der Waals surface area contributed by atoms with Crippen molar-refractivity contribution < 1.29 is 14.3 Å². The van der Waals surface area contributed by atoms with Crippen LogP contribution in [-0.4, -0.2) is 48.0 Å². The van der Waals surface area contributed by atoms with E-state index in [-0.39, 0.29) is 12.0 Å². The molecule has 2 amide bonds. The second-order valence-electron chi connectivity index (χ2n) is 9.44. The Morgan fingerprint density at radius 3 is 2.52 bits per heavy atom. The van der Waals surface area contributed by atoms with Gasteiger partial charge in [0.15, 0.2) is 0 Å². The van der Waals surface area contributed by atoms with Crippen molar-refractivity contribution in [3.63, 3.8) is 0 Å². The Balaban J connectivity index is 1.91. The van der Waals surface area contributed by atoms with Crippen LogP contribution in [0.15, 0.2) is 16.6 Å². The third-order valence-electron chi connectivity index (χ3n) is 5.05. The van der Waals surface area contributed by atoms with E-state index in [2.05, 4.69) is 30.2 Å². The van der Waals surface area contributed by atoms with Gasteiger partial charge in [0.2, 0.25) is 5.91 Å². The summed E-state index contributed by atoms with van der Waals surface area (Å²) in [5.74, 6) is 0.552. The first kappa shape index (κ1) is 26.9. The van der Waals surface area contributed by atoms with Crippen LogP contribution in [0.3, 0.4) is 0 Å². The van der Waals surface area contributed by atoms with Crippen LogP contribution in [0.4, 0.5) is 10.5 Å². The van der Waals surface area contributed by atoms with Gasteiger partial charge in [-0.1, -0.05) is 20.3 Å². The minimum Gasteiger partial charge on any atom is -0.444 e. The van der Waals surface area contributed by atoms with Crippen LogP contribution in [0.25, 0.3) is 6.08 Å². The SMILES string of the molecule is CCCN(CCC)C(=O)C1=Cc2sc(CCCCCNC(=O)OC(C)(C)C)cc2N=C(N)C1. The second kappa shape index (κ2) is 12.8. The maximum Gasteiger partial charge on any atom is 0.407 e. The van der Waals surface area contributed by atoms with Crippen molar-refractivity contribution in [1.82, 2.24) is 10.2 Å². The highest BCUT2D eigenvalue weighted by atomic mass is 32.1. The first-order valence-corrected chi connectivity index (χ1v) is 12.9. The van der Waals surface area contributed by atoms with Crippen molar-refractivity contribution in [2.75, 3.05) is 19.6 Å². The zero-order chi connectivity index (χ0) is 24.4. The lowest BCUT2D eigenvalue weighted by molar-refractivity contribution is -0.127. The van der Waals surface area contributed by atoms with Gasteiger partial charge in [-0.25, -0.2) is 9.79 Å². The number of amides is 2. The Labute approximate surface area is 202 Å². The first-order valence-electron chi connectivity index (χ1n) is 12.0. The van der Waals surface area contributed by atoms with Crippen LogP contribution in [0, 0.1) is 0 Å². The van der Waals surface area contributed by atoms with E-state index in [1.807, 2.05) is 31.7 Å². The van der Waals surface area contributed by atoms with E-state index in [0.29, 0.717) is 18.8 Å². The Morgan fingerprint density at radius 2 is 1.88 bits per heavy atom. The number of ether oxygens (including phenoxy) is 1. The van der Waals surface area contributed by atoms with E-state index in [1.165, 1.54) is 4.88 Å². The number of nitrogens with zero attached hydrogens (tertiary/aromatic N) is 2. The molecule has 0 atom stereocenters. The zero-order valence-electron chi connectivity index (χ0n) is 20.8. The van der Waals surface area contributed by atoms with Gasteiger partial charge in [-0.2, -0.15) is 0 Å². The fourth-order valence-electron chi connectivity index (χ4n) is 3.66. The summed E-state index contributed by atoms with van der Waals surface area (Å²) < 4.78 is 5.24. The Hall–Kier alpha value is -2.35. The zero-order valence-corrected chi connectivity index (χ0v) is 21.6. The van der Waals surface area contributed by atoms with Crippen LogP contribution >= 0.6 is 11.3 Å². The normalized spacial score (nSPS) is 13.5. The third-order valence-corrected chi connectivity index (χ3v) is 6.18. The lowest BCUT2D eigenvalue weighted by Gasteiger charge is -2.22. The van der Waals surface area contributed by atoms with Gasteiger partial charge in [-0.05, 0) is 65.0 Å². The smallest absolute Gasteiger partial charge is 0.407 e. The minimum atomic E-state index is -0.476. The molecule has 0 saturated carbocycles. The average Bonchev–Trinajstić information content (AvgIpc) is 3.01.